The summed E-state index contributed by atoms with van der Waals surface area (Å²) in [5.74, 6) is -0.0957. The number of aliphatic hydroxyl groups excluding tert-OH is 1. The van der Waals surface area contributed by atoms with Crippen molar-refractivity contribution in [3.05, 3.63) is 0 Å². The molecule has 0 aromatic rings. The fraction of sp³-hybridized carbons (Fsp3) is 0.950. The van der Waals surface area contributed by atoms with Gasteiger partial charge in [0.1, 0.15) is 6.10 Å². The number of hydrogen-bond donors (Lipinski definition) is 1. The SMILES string of the molecule is CCCCCCCCCOC(=O)CCCN(CCO)CCCCCCCC(=O)OC(CCCCCCCC)CCCCCCCC. The van der Waals surface area contributed by atoms with Gasteiger partial charge in [0.25, 0.3) is 0 Å². The molecule has 0 spiro atoms. The van der Waals surface area contributed by atoms with Crippen molar-refractivity contribution < 1.29 is 24.2 Å². The lowest BCUT2D eigenvalue weighted by atomic mass is 10.0. The Labute approximate surface area is 286 Å². The summed E-state index contributed by atoms with van der Waals surface area (Å²) in [7, 11) is 0. The molecular weight excluding hydrogens is 574 g/mol. The summed E-state index contributed by atoms with van der Waals surface area (Å²) < 4.78 is 11.4. The monoisotopic (exact) mass is 654 g/mol. The summed E-state index contributed by atoms with van der Waals surface area (Å²) >= 11 is 0. The van der Waals surface area contributed by atoms with E-state index in [0.29, 0.717) is 26.0 Å². The Kier molecular flexibility index (Phi) is 35.8. The molecule has 6 nitrogen and oxygen atoms in total. The molecule has 0 aromatic heterocycles. The topological polar surface area (TPSA) is 76.1 Å². The van der Waals surface area contributed by atoms with E-state index in [1.165, 1.54) is 109 Å². The van der Waals surface area contributed by atoms with Gasteiger partial charge in [0.2, 0.25) is 0 Å². The third-order valence-electron chi connectivity index (χ3n) is 9.20. The number of rotatable bonds is 37. The van der Waals surface area contributed by atoms with Gasteiger partial charge in [-0.25, -0.2) is 0 Å². The molecule has 0 fully saturated rings. The second-order valence-corrected chi connectivity index (χ2v) is 13.8. The van der Waals surface area contributed by atoms with Crippen molar-refractivity contribution in [3.63, 3.8) is 0 Å². The Hall–Kier alpha value is -1.14. The Morgan fingerprint density at radius 2 is 0.935 bits per heavy atom. The number of ether oxygens (including phenoxy) is 2. The zero-order valence-corrected chi connectivity index (χ0v) is 31.1. The molecule has 1 N–H and O–H groups in total. The van der Waals surface area contributed by atoms with E-state index in [2.05, 4.69) is 25.7 Å². The largest absolute Gasteiger partial charge is 0.466 e. The van der Waals surface area contributed by atoms with Crippen LogP contribution in [-0.4, -0.2) is 60.9 Å². The Bertz CT molecular complexity index is 627. The molecule has 46 heavy (non-hydrogen) atoms. The van der Waals surface area contributed by atoms with E-state index < -0.39 is 0 Å². The highest BCUT2D eigenvalue weighted by molar-refractivity contribution is 5.69. The highest BCUT2D eigenvalue weighted by atomic mass is 16.5. The maximum Gasteiger partial charge on any atom is 0.306 e. The molecule has 0 bridgehead atoms. The van der Waals surface area contributed by atoms with Gasteiger partial charge in [-0.15, -0.1) is 0 Å². The lowest BCUT2D eigenvalue weighted by Crippen LogP contribution is -2.29. The van der Waals surface area contributed by atoms with Gasteiger partial charge in [-0.05, 0) is 64.5 Å². The summed E-state index contributed by atoms with van der Waals surface area (Å²) in [6.45, 7) is 9.84. The highest BCUT2D eigenvalue weighted by Gasteiger charge is 2.14. The quantitative estimate of drug-likeness (QED) is 0.0531. The van der Waals surface area contributed by atoms with Gasteiger partial charge in [0.15, 0.2) is 0 Å². The normalized spacial score (nSPS) is 11.5. The van der Waals surface area contributed by atoms with E-state index >= 15 is 0 Å². The average Bonchev–Trinajstić information content (AvgIpc) is 3.04. The van der Waals surface area contributed by atoms with Gasteiger partial charge in [0.05, 0.1) is 13.2 Å². The molecule has 6 heteroatoms. The molecule has 0 radical (unpaired) electrons. The molecule has 0 saturated heterocycles. The zero-order chi connectivity index (χ0) is 33.8. The smallest absolute Gasteiger partial charge is 0.306 e. The fourth-order valence-electron chi connectivity index (χ4n) is 6.19. The van der Waals surface area contributed by atoms with Gasteiger partial charge in [-0.1, -0.05) is 143 Å². The molecule has 274 valence electrons. The molecule has 0 rings (SSSR count). The van der Waals surface area contributed by atoms with Crippen LogP contribution >= 0.6 is 0 Å². The Morgan fingerprint density at radius 1 is 0.500 bits per heavy atom. The van der Waals surface area contributed by atoms with Gasteiger partial charge in [-0.2, -0.15) is 0 Å². The number of carbonyl (C=O) groups is 2. The van der Waals surface area contributed by atoms with Crippen LogP contribution in [0.3, 0.4) is 0 Å². The summed E-state index contributed by atoms with van der Waals surface area (Å²) in [6, 6.07) is 0. The summed E-state index contributed by atoms with van der Waals surface area (Å²) in [6.07, 6.45) is 33.1. The molecule has 0 atom stereocenters. The number of unbranched alkanes of at least 4 members (excludes halogenated alkanes) is 20. The molecule has 0 aliphatic rings. The molecule has 0 aliphatic heterocycles. The lowest BCUT2D eigenvalue weighted by Gasteiger charge is -2.21. The minimum atomic E-state index is -0.0930. The van der Waals surface area contributed by atoms with Crippen molar-refractivity contribution in [1.82, 2.24) is 4.90 Å². The number of hydrogen-bond acceptors (Lipinski definition) is 6. The van der Waals surface area contributed by atoms with Crippen LogP contribution in [0.15, 0.2) is 0 Å². The minimum Gasteiger partial charge on any atom is -0.466 e. The maximum atomic E-state index is 12.6. The van der Waals surface area contributed by atoms with Crippen molar-refractivity contribution in [2.24, 2.45) is 0 Å². The van der Waals surface area contributed by atoms with E-state index in [1.807, 2.05) is 0 Å². The summed E-state index contributed by atoms with van der Waals surface area (Å²) in [5.41, 5.74) is 0. The Morgan fingerprint density at radius 3 is 1.48 bits per heavy atom. The van der Waals surface area contributed by atoms with Gasteiger partial charge >= 0.3 is 11.9 Å². The van der Waals surface area contributed by atoms with Gasteiger partial charge < -0.3 is 19.5 Å². The van der Waals surface area contributed by atoms with Crippen molar-refractivity contribution in [1.29, 1.82) is 0 Å². The zero-order valence-electron chi connectivity index (χ0n) is 31.1. The number of esters is 2. The second-order valence-electron chi connectivity index (χ2n) is 13.8. The third-order valence-corrected chi connectivity index (χ3v) is 9.20. The van der Waals surface area contributed by atoms with E-state index in [-0.39, 0.29) is 24.6 Å². The molecule has 0 aromatic carbocycles. The first-order valence-corrected chi connectivity index (χ1v) is 20.3. The van der Waals surface area contributed by atoms with Crippen molar-refractivity contribution in [2.45, 2.75) is 213 Å². The van der Waals surface area contributed by atoms with Crippen LogP contribution in [0.1, 0.15) is 207 Å². The van der Waals surface area contributed by atoms with Gasteiger partial charge in [0, 0.05) is 19.4 Å². The van der Waals surface area contributed by atoms with Crippen LogP contribution in [0.5, 0.6) is 0 Å². The molecule has 0 unspecified atom stereocenters. The van der Waals surface area contributed by atoms with Crippen LogP contribution in [0.2, 0.25) is 0 Å². The second kappa shape index (κ2) is 36.7. The summed E-state index contributed by atoms with van der Waals surface area (Å²) in [5, 5.41) is 9.47. The molecule has 0 heterocycles. The predicted molar refractivity (Wildman–Crippen MR) is 195 cm³/mol. The first kappa shape index (κ1) is 44.9. The molecule has 0 saturated carbocycles. The molecule has 0 aliphatic carbocycles. The van der Waals surface area contributed by atoms with Crippen LogP contribution < -0.4 is 0 Å². The van der Waals surface area contributed by atoms with E-state index in [9.17, 15) is 14.7 Å². The third kappa shape index (κ3) is 32.8. The predicted octanol–water partition coefficient (Wildman–Crippen LogP) is 11.1. The fourth-order valence-corrected chi connectivity index (χ4v) is 6.19. The van der Waals surface area contributed by atoms with E-state index in [0.717, 1.165) is 77.3 Å². The van der Waals surface area contributed by atoms with Crippen LogP contribution in [-0.2, 0) is 19.1 Å². The minimum absolute atomic E-state index is 0.00276. The molecule has 0 amide bonds. The van der Waals surface area contributed by atoms with Crippen LogP contribution in [0.25, 0.3) is 0 Å². The maximum absolute atomic E-state index is 12.6. The van der Waals surface area contributed by atoms with E-state index in [1.54, 1.807) is 0 Å². The number of carbonyl (C=O) groups excluding carboxylic acids is 2. The van der Waals surface area contributed by atoms with Crippen LogP contribution in [0, 0.1) is 0 Å². The lowest BCUT2D eigenvalue weighted by molar-refractivity contribution is -0.150. The first-order valence-electron chi connectivity index (χ1n) is 20.3. The molecular formula is C40H79NO5. The van der Waals surface area contributed by atoms with Crippen molar-refractivity contribution in [3.8, 4) is 0 Å². The number of aliphatic hydroxyl groups is 1. The standard InChI is InChI=1S/C40H79NO5/c1-4-7-10-13-16-22-27-37-45-39(43)32-28-34-41(35-36-42)33-26-21-17-20-25-31-40(44)46-38(29-23-18-14-11-8-5-2)30-24-19-15-12-9-6-3/h38,42H,4-37H2,1-3H3. The average molecular weight is 654 g/mol. The van der Waals surface area contributed by atoms with Crippen molar-refractivity contribution in [2.75, 3.05) is 32.8 Å². The van der Waals surface area contributed by atoms with Gasteiger partial charge in [-0.3, -0.25) is 9.59 Å². The van der Waals surface area contributed by atoms with E-state index in [4.69, 9.17) is 9.47 Å². The van der Waals surface area contributed by atoms with Crippen LogP contribution in [0.4, 0.5) is 0 Å². The highest BCUT2D eigenvalue weighted by Crippen LogP contribution is 2.18. The Balaban J connectivity index is 4.04. The summed E-state index contributed by atoms with van der Waals surface area (Å²) in [4.78, 5) is 27.0. The van der Waals surface area contributed by atoms with Crippen molar-refractivity contribution >= 4 is 11.9 Å². The first-order chi connectivity index (χ1) is 22.6. The number of nitrogens with zero attached hydrogens (tertiary/aromatic N) is 1.